The van der Waals surface area contributed by atoms with Crippen LogP contribution < -0.4 is 5.32 Å². The van der Waals surface area contributed by atoms with Gasteiger partial charge in [0.05, 0.1) is 0 Å². The summed E-state index contributed by atoms with van der Waals surface area (Å²) in [6.07, 6.45) is 2.42. The van der Waals surface area contributed by atoms with Crippen LogP contribution in [0.15, 0.2) is 0 Å². The lowest BCUT2D eigenvalue weighted by atomic mass is 9.96. The monoisotopic (exact) mass is 241 g/mol. The van der Waals surface area contributed by atoms with Crippen LogP contribution in [0.3, 0.4) is 0 Å². The Morgan fingerprint density at radius 2 is 1.81 bits per heavy atom. The molecule has 1 rings (SSSR count). The van der Waals surface area contributed by atoms with E-state index >= 15 is 0 Å². The molecule has 0 aliphatic heterocycles. The molecule has 92 valence electrons. The van der Waals surface area contributed by atoms with Crippen LogP contribution in [0.4, 0.5) is 5.13 Å². The van der Waals surface area contributed by atoms with Crippen molar-refractivity contribution >= 4 is 16.7 Å². The normalized spacial score (nSPS) is 13.4. The zero-order chi connectivity index (χ0) is 12.1. The van der Waals surface area contributed by atoms with E-state index in [0.717, 1.165) is 11.0 Å². The summed E-state index contributed by atoms with van der Waals surface area (Å²) in [6.45, 7) is 11.0. The molecule has 0 saturated heterocycles. The lowest BCUT2D eigenvalue weighted by molar-refractivity contribution is 0.437. The van der Waals surface area contributed by atoms with Gasteiger partial charge in [0, 0.05) is 23.5 Å². The number of hydrogen-bond acceptors (Lipinski definition) is 4. The lowest BCUT2D eigenvalue weighted by Crippen LogP contribution is -2.24. The second-order valence-corrected chi connectivity index (χ2v) is 5.37. The lowest BCUT2D eigenvalue weighted by Gasteiger charge is -2.21. The number of nitrogens with zero attached hydrogens (tertiary/aromatic N) is 2. The molecular weight excluding hydrogens is 218 g/mol. The Morgan fingerprint density at radius 1 is 1.19 bits per heavy atom. The van der Waals surface area contributed by atoms with Crippen molar-refractivity contribution in [1.82, 2.24) is 9.36 Å². The molecule has 1 aromatic heterocycles. The minimum absolute atomic E-state index is 0.412. The Bertz CT molecular complexity index is 305. The van der Waals surface area contributed by atoms with Crippen molar-refractivity contribution in [1.29, 1.82) is 0 Å². The molecule has 0 aliphatic carbocycles. The smallest absolute Gasteiger partial charge is 0.202 e. The maximum absolute atomic E-state index is 4.50. The number of nitrogens with one attached hydrogen (secondary N) is 1. The molecule has 3 nitrogen and oxygen atoms in total. The van der Waals surface area contributed by atoms with Crippen molar-refractivity contribution in [2.24, 2.45) is 5.92 Å². The highest BCUT2D eigenvalue weighted by molar-refractivity contribution is 7.09. The molecule has 0 aromatic carbocycles. The largest absolute Gasteiger partial charge is 0.358 e. The summed E-state index contributed by atoms with van der Waals surface area (Å²) in [5, 5.41) is 4.43. The summed E-state index contributed by atoms with van der Waals surface area (Å²) in [5.74, 6) is 2.07. The van der Waals surface area contributed by atoms with Gasteiger partial charge in [0.15, 0.2) is 0 Å². The zero-order valence-corrected chi connectivity index (χ0v) is 11.8. The fourth-order valence-corrected chi connectivity index (χ4v) is 2.64. The Morgan fingerprint density at radius 3 is 2.25 bits per heavy atom. The molecule has 0 aliphatic rings. The highest BCUT2D eigenvalue weighted by Gasteiger charge is 2.15. The van der Waals surface area contributed by atoms with Crippen LogP contribution in [0.25, 0.3) is 0 Å². The third-order valence-electron chi connectivity index (χ3n) is 3.07. The van der Waals surface area contributed by atoms with E-state index in [0.29, 0.717) is 17.9 Å². The van der Waals surface area contributed by atoms with Crippen LogP contribution in [0.2, 0.25) is 0 Å². The fraction of sp³-hybridized carbons (Fsp3) is 0.833. The summed E-state index contributed by atoms with van der Waals surface area (Å²) in [7, 11) is 0. The van der Waals surface area contributed by atoms with Gasteiger partial charge < -0.3 is 5.32 Å². The molecule has 0 saturated carbocycles. The molecule has 1 heterocycles. The number of aromatic nitrogens is 2. The third kappa shape index (κ3) is 3.44. The number of rotatable bonds is 6. The van der Waals surface area contributed by atoms with E-state index in [2.05, 4.69) is 49.3 Å². The predicted molar refractivity (Wildman–Crippen MR) is 71.2 cm³/mol. The Balaban J connectivity index is 2.58. The first-order valence-electron chi connectivity index (χ1n) is 6.18. The van der Waals surface area contributed by atoms with Gasteiger partial charge in [0.25, 0.3) is 0 Å². The second-order valence-electron chi connectivity index (χ2n) is 4.62. The summed E-state index contributed by atoms with van der Waals surface area (Å²) < 4.78 is 4.35. The van der Waals surface area contributed by atoms with Crippen LogP contribution in [0.1, 0.15) is 59.2 Å². The Hall–Kier alpha value is -0.640. The van der Waals surface area contributed by atoms with Gasteiger partial charge in [-0.25, -0.2) is 4.98 Å². The van der Waals surface area contributed by atoms with Crippen molar-refractivity contribution in [2.45, 2.75) is 59.4 Å². The number of hydrogen-bond donors (Lipinski definition) is 1. The topological polar surface area (TPSA) is 37.8 Å². The molecule has 4 heteroatoms. The van der Waals surface area contributed by atoms with Gasteiger partial charge in [0.2, 0.25) is 5.13 Å². The summed E-state index contributed by atoms with van der Waals surface area (Å²) in [4.78, 5) is 4.50. The first-order valence-corrected chi connectivity index (χ1v) is 6.95. The average molecular weight is 241 g/mol. The molecule has 1 atom stereocenters. The van der Waals surface area contributed by atoms with Gasteiger partial charge in [-0.05, 0) is 12.8 Å². The van der Waals surface area contributed by atoms with Gasteiger partial charge in [-0.3, -0.25) is 0 Å². The first-order chi connectivity index (χ1) is 7.58. The summed E-state index contributed by atoms with van der Waals surface area (Å²) in [6, 6.07) is 0.475. The molecule has 0 bridgehead atoms. The van der Waals surface area contributed by atoms with Crippen molar-refractivity contribution in [3.05, 3.63) is 5.82 Å². The summed E-state index contributed by atoms with van der Waals surface area (Å²) >= 11 is 1.47. The van der Waals surface area contributed by atoms with Gasteiger partial charge >= 0.3 is 0 Å². The molecule has 0 radical (unpaired) electrons. The van der Waals surface area contributed by atoms with E-state index in [4.69, 9.17) is 0 Å². The first kappa shape index (κ1) is 13.4. The van der Waals surface area contributed by atoms with E-state index in [9.17, 15) is 0 Å². The molecule has 0 amide bonds. The van der Waals surface area contributed by atoms with Gasteiger partial charge in [-0.15, -0.1) is 0 Å². The summed E-state index contributed by atoms with van der Waals surface area (Å²) in [5.41, 5.74) is 0. The predicted octanol–water partition coefficient (Wildman–Crippen LogP) is 3.90. The van der Waals surface area contributed by atoms with Crippen LogP contribution in [0.5, 0.6) is 0 Å². The van der Waals surface area contributed by atoms with E-state index < -0.39 is 0 Å². The van der Waals surface area contributed by atoms with Gasteiger partial charge in [-0.2, -0.15) is 4.37 Å². The highest BCUT2D eigenvalue weighted by atomic mass is 32.1. The minimum Gasteiger partial charge on any atom is -0.358 e. The maximum atomic E-state index is 4.50. The Kier molecular flexibility index (Phi) is 5.19. The molecule has 1 N–H and O–H groups in total. The molecule has 1 unspecified atom stereocenters. The van der Waals surface area contributed by atoms with Crippen LogP contribution in [-0.2, 0) is 0 Å². The molecule has 1 aromatic rings. The van der Waals surface area contributed by atoms with E-state index in [1.807, 2.05) is 0 Å². The van der Waals surface area contributed by atoms with Crippen molar-refractivity contribution in [3.63, 3.8) is 0 Å². The van der Waals surface area contributed by atoms with Crippen molar-refractivity contribution < 1.29 is 0 Å². The molecular formula is C12H23N3S. The third-order valence-corrected chi connectivity index (χ3v) is 3.73. The highest BCUT2D eigenvalue weighted by Crippen LogP contribution is 2.21. The van der Waals surface area contributed by atoms with Crippen molar-refractivity contribution in [3.8, 4) is 0 Å². The SMILES string of the molecule is CCC(CC)C(C)Nc1nc(C(C)C)ns1. The van der Waals surface area contributed by atoms with E-state index in [-0.39, 0.29) is 0 Å². The van der Waals surface area contributed by atoms with Crippen molar-refractivity contribution in [2.75, 3.05) is 5.32 Å². The maximum Gasteiger partial charge on any atom is 0.202 e. The van der Waals surface area contributed by atoms with Gasteiger partial charge in [0.1, 0.15) is 5.82 Å². The van der Waals surface area contributed by atoms with Crippen LogP contribution >= 0.6 is 11.5 Å². The van der Waals surface area contributed by atoms with E-state index in [1.165, 1.54) is 24.4 Å². The standard InChI is InChI=1S/C12H23N3S/c1-6-10(7-2)9(5)13-12-14-11(8(3)4)15-16-12/h8-10H,6-7H2,1-5H3,(H,13,14,15). The molecule has 0 fully saturated rings. The van der Waals surface area contributed by atoms with E-state index in [1.54, 1.807) is 0 Å². The number of anilines is 1. The average Bonchev–Trinajstić information content (AvgIpc) is 2.68. The minimum atomic E-state index is 0.412. The van der Waals surface area contributed by atoms with Crippen LogP contribution in [-0.4, -0.2) is 15.4 Å². The molecule has 16 heavy (non-hydrogen) atoms. The Labute approximate surface area is 103 Å². The zero-order valence-electron chi connectivity index (χ0n) is 10.9. The van der Waals surface area contributed by atoms with Crippen LogP contribution in [0, 0.1) is 5.92 Å². The molecule has 0 spiro atoms. The quantitative estimate of drug-likeness (QED) is 0.821. The second kappa shape index (κ2) is 6.18. The fourth-order valence-electron chi connectivity index (χ4n) is 1.84. The van der Waals surface area contributed by atoms with Gasteiger partial charge in [-0.1, -0.05) is 40.5 Å².